The Morgan fingerprint density at radius 2 is 1.87 bits per heavy atom. The van der Waals surface area contributed by atoms with Crippen molar-refractivity contribution >= 4 is 33.5 Å². The van der Waals surface area contributed by atoms with Crippen LogP contribution in [0.2, 0.25) is 0 Å². The zero-order chi connectivity index (χ0) is 31.2. The second-order valence-electron chi connectivity index (χ2n) is 15.4. The number of hydrogen-bond acceptors (Lipinski definition) is 8. The molecule has 1 saturated heterocycles. The van der Waals surface area contributed by atoms with E-state index in [4.69, 9.17) is 9.47 Å². The average Bonchev–Trinajstić information content (AvgIpc) is 3.76. The normalized spacial score (nSPS) is 37.9. The van der Waals surface area contributed by atoms with Gasteiger partial charge in [-0.05, 0) is 117 Å². The molecule has 0 aromatic rings. The van der Waals surface area contributed by atoms with Gasteiger partial charge in [-0.2, -0.15) is 0 Å². The van der Waals surface area contributed by atoms with Crippen LogP contribution < -0.4 is 10.6 Å². The van der Waals surface area contributed by atoms with Gasteiger partial charge in [-0.3, -0.25) is 0 Å². The topological polar surface area (TPSA) is 76.7 Å². The summed E-state index contributed by atoms with van der Waals surface area (Å²) in [6.07, 6.45) is 19.6. The summed E-state index contributed by atoms with van der Waals surface area (Å²) in [5.74, 6) is 5.80. The highest BCUT2D eigenvalue weighted by molar-refractivity contribution is 8.76. The van der Waals surface area contributed by atoms with Gasteiger partial charge in [0.2, 0.25) is 0 Å². The predicted octanol–water partition coefficient (Wildman–Crippen LogP) is 7.99. The van der Waals surface area contributed by atoms with Crippen molar-refractivity contribution in [3.8, 4) is 0 Å². The highest BCUT2D eigenvalue weighted by Crippen LogP contribution is 2.72. The van der Waals surface area contributed by atoms with Crippen LogP contribution in [-0.2, 0) is 19.1 Å². The standard InChI is InChI=1S/C38H46N2O4S2/c1-3-37(12-4-5-13-37)27-8-7-23-18-26-24-10-14-38(32(26)31-30(23)34(27)44-35(31)41)28-9-6-21(2)19-45-46-20-40-29-17-22(11-15-39-29)16-25(24)33(38)36(42)43-28/h9,11,17,21,23-24,26,32,39-40H,3-8,10,12-16,18-20H2,1-2H3. The number of esters is 2. The number of carbonyl (C=O) groups is 2. The molecule has 4 heterocycles. The Labute approximate surface area is 280 Å². The van der Waals surface area contributed by atoms with E-state index in [1.807, 2.05) is 21.6 Å². The van der Waals surface area contributed by atoms with Crippen molar-refractivity contribution in [2.75, 3.05) is 18.2 Å². The van der Waals surface area contributed by atoms with Gasteiger partial charge in [0, 0.05) is 29.4 Å². The van der Waals surface area contributed by atoms with Gasteiger partial charge in [0.1, 0.15) is 11.5 Å². The van der Waals surface area contributed by atoms with E-state index >= 15 is 0 Å². The van der Waals surface area contributed by atoms with Crippen LogP contribution in [-0.4, -0.2) is 30.1 Å². The SMILES string of the molecule is CCC1(C2=C3OC(=O)C4=C3C(CC2)CC2C3CCC5(C6=CCC(C)CSSCNC7=CC(=CCN7)CC3=C5C(=O)O6)C42)CCCC1. The van der Waals surface area contributed by atoms with Crippen LogP contribution in [0, 0.1) is 40.4 Å². The Balaban J connectivity index is 1.23. The summed E-state index contributed by atoms with van der Waals surface area (Å²) < 4.78 is 12.9. The summed E-state index contributed by atoms with van der Waals surface area (Å²) in [4.78, 5) is 28.5. The van der Waals surface area contributed by atoms with Crippen LogP contribution in [0.1, 0.15) is 90.9 Å². The maximum absolute atomic E-state index is 14.3. The van der Waals surface area contributed by atoms with Crippen LogP contribution >= 0.6 is 21.6 Å². The maximum atomic E-state index is 14.3. The molecular weight excluding hydrogens is 613 g/mol. The minimum absolute atomic E-state index is 0.0478. The fourth-order valence-electron chi connectivity index (χ4n) is 11.4. The summed E-state index contributed by atoms with van der Waals surface area (Å²) in [7, 11) is 3.75. The van der Waals surface area contributed by atoms with Crippen LogP contribution in [0.15, 0.2) is 69.0 Å². The number of hydrogen-bond donors (Lipinski definition) is 2. The number of fused-ring (bicyclic) bond motifs is 2. The second kappa shape index (κ2) is 11.1. The molecule has 0 aromatic carbocycles. The summed E-state index contributed by atoms with van der Waals surface area (Å²) in [6, 6.07) is 0. The second-order valence-corrected chi connectivity index (χ2v) is 17.9. The average molecular weight is 659 g/mol. The van der Waals surface area contributed by atoms with E-state index in [0.717, 1.165) is 98.0 Å². The molecule has 2 saturated carbocycles. The number of nitrogens with one attached hydrogen (secondary N) is 2. The van der Waals surface area contributed by atoms with Crippen LogP contribution in [0.25, 0.3) is 0 Å². The Bertz CT molecular complexity index is 1590. The van der Waals surface area contributed by atoms with Crippen molar-refractivity contribution in [2.24, 2.45) is 40.4 Å². The van der Waals surface area contributed by atoms with Gasteiger partial charge in [-0.15, -0.1) is 0 Å². The third-order valence-corrected chi connectivity index (χ3v) is 15.7. The van der Waals surface area contributed by atoms with Gasteiger partial charge in [-0.25, -0.2) is 9.59 Å². The lowest BCUT2D eigenvalue weighted by Crippen LogP contribution is -2.53. The van der Waals surface area contributed by atoms with Gasteiger partial charge < -0.3 is 20.1 Å². The fourth-order valence-corrected chi connectivity index (χ4v) is 13.5. The minimum Gasteiger partial charge on any atom is -0.427 e. The molecule has 6 nitrogen and oxygen atoms in total. The highest BCUT2D eigenvalue weighted by atomic mass is 33.1. The number of dihydropyridines is 1. The van der Waals surface area contributed by atoms with Crippen molar-refractivity contribution < 1.29 is 19.1 Å². The van der Waals surface area contributed by atoms with Crippen molar-refractivity contribution in [1.82, 2.24) is 10.6 Å². The third-order valence-electron chi connectivity index (χ3n) is 13.4. The summed E-state index contributed by atoms with van der Waals surface area (Å²) in [6.45, 7) is 5.40. The molecule has 1 spiro atoms. The van der Waals surface area contributed by atoms with Crippen molar-refractivity contribution in [2.45, 2.75) is 90.9 Å². The molecule has 6 unspecified atom stereocenters. The first-order valence-corrected chi connectivity index (χ1v) is 20.4. The van der Waals surface area contributed by atoms with Crippen molar-refractivity contribution in [3.63, 3.8) is 0 Å². The van der Waals surface area contributed by atoms with E-state index in [1.54, 1.807) is 0 Å². The molecule has 6 aliphatic carbocycles. The first-order chi connectivity index (χ1) is 22.4. The Morgan fingerprint density at radius 1 is 1.00 bits per heavy atom. The molecule has 244 valence electrons. The summed E-state index contributed by atoms with van der Waals surface area (Å²) in [5, 5.41) is 7.07. The number of ether oxygens (including phenoxy) is 2. The van der Waals surface area contributed by atoms with E-state index in [1.165, 1.54) is 48.0 Å². The van der Waals surface area contributed by atoms with E-state index in [0.29, 0.717) is 17.8 Å². The Kier molecular flexibility index (Phi) is 7.20. The molecule has 2 N–H and O–H groups in total. The first-order valence-electron chi connectivity index (χ1n) is 17.9. The molecule has 0 radical (unpaired) electrons. The monoisotopic (exact) mass is 658 g/mol. The molecule has 4 aliphatic heterocycles. The third kappa shape index (κ3) is 4.23. The van der Waals surface area contributed by atoms with E-state index in [2.05, 4.69) is 42.7 Å². The van der Waals surface area contributed by atoms with Gasteiger partial charge >= 0.3 is 11.9 Å². The smallest absolute Gasteiger partial charge is 0.340 e. The van der Waals surface area contributed by atoms with Gasteiger partial charge in [0.05, 0.1) is 22.7 Å². The number of carbonyl (C=O) groups excluding carboxylic acids is 2. The van der Waals surface area contributed by atoms with Crippen LogP contribution in [0.5, 0.6) is 0 Å². The number of allylic oxidation sites excluding steroid dienone is 7. The Hall–Kier alpha value is -2.32. The molecule has 0 aromatic heterocycles. The van der Waals surface area contributed by atoms with Gasteiger partial charge in [-0.1, -0.05) is 59.9 Å². The highest BCUT2D eigenvalue weighted by Gasteiger charge is 2.69. The molecule has 10 aliphatic rings. The molecule has 10 rings (SSSR count). The van der Waals surface area contributed by atoms with Crippen LogP contribution in [0.3, 0.4) is 0 Å². The number of rotatable bonds is 2. The summed E-state index contributed by atoms with van der Waals surface area (Å²) in [5.41, 5.74) is 6.63. The molecule has 3 fully saturated rings. The lowest BCUT2D eigenvalue weighted by atomic mass is 9.43. The zero-order valence-electron chi connectivity index (χ0n) is 27.2. The summed E-state index contributed by atoms with van der Waals surface area (Å²) >= 11 is 0. The van der Waals surface area contributed by atoms with E-state index in [-0.39, 0.29) is 29.2 Å². The molecule has 8 heteroatoms. The Morgan fingerprint density at radius 3 is 2.72 bits per heavy atom. The molecule has 6 atom stereocenters. The lowest BCUT2D eigenvalue weighted by Gasteiger charge is -2.57. The minimum atomic E-state index is -0.571. The maximum Gasteiger partial charge on any atom is 0.340 e. The lowest BCUT2D eigenvalue weighted by molar-refractivity contribution is -0.135. The van der Waals surface area contributed by atoms with Crippen LogP contribution in [0.4, 0.5) is 0 Å². The predicted molar refractivity (Wildman–Crippen MR) is 183 cm³/mol. The van der Waals surface area contributed by atoms with Crippen molar-refractivity contribution in [1.29, 1.82) is 0 Å². The van der Waals surface area contributed by atoms with E-state index in [9.17, 15) is 9.59 Å². The quantitative estimate of drug-likeness (QED) is 0.229. The van der Waals surface area contributed by atoms with Gasteiger partial charge in [0.15, 0.2) is 0 Å². The first kappa shape index (κ1) is 29.8. The molecular formula is C38H46N2O4S2. The fraction of sp³-hybridized carbons (Fsp3) is 0.632. The molecule has 46 heavy (non-hydrogen) atoms. The molecule has 7 bridgehead atoms. The van der Waals surface area contributed by atoms with E-state index < -0.39 is 5.41 Å². The molecule has 0 amide bonds. The largest absolute Gasteiger partial charge is 0.427 e. The van der Waals surface area contributed by atoms with Crippen molar-refractivity contribution in [3.05, 3.63) is 69.0 Å². The zero-order valence-corrected chi connectivity index (χ0v) is 28.8. The van der Waals surface area contributed by atoms with Gasteiger partial charge in [0.25, 0.3) is 0 Å².